The maximum atomic E-state index is 12.8. The second kappa shape index (κ2) is 58.7. The number of esters is 3. The van der Waals surface area contributed by atoms with Crippen molar-refractivity contribution in [2.24, 2.45) is 0 Å². The molecular formula is C63H120O6. The normalized spacial score (nSPS) is 12.0. The average Bonchev–Trinajstić information content (AvgIpc) is 3.35. The van der Waals surface area contributed by atoms with Gasteiger partial charge >= 0.3 is 17.9 Å². The summed E-state index contributed by atoms with van der Waals surface area (Å²) in [6, 6.07) is 0. The Morgan fingerprint density at radius 2 is 0.478 bits per heavy atom. The number of hydrogen-bond donors (Lipinski definition) is 0. The SMILES string of the molecule is CCCCCCCC/C=C\CCCCCCCC(=O)OC(COC(=O)CCCCCCCCCC)COC(=O)CCCCCCCCCCCCCCCCCCCCCCCCCCCCCC. The van der Waals surface area contributed by atoms with Gasteiger partial charge in [-0.15, -0.1) is 0 Å². The summed E-state index contributed by atoms with van der Waals surface area (Å²) >= 11 is 0. The second-order valence-corrected chi connectivity index (χ2v) is 21.3. The molecule has 1 atom stereocenters. The van der Waals surface area contributed by atoms with Gasteiger partial charge in [-0.3, -0.25) is 14.4 Å². The largest absolute Gasteiger partial charge is 0.462 e. The Labute approximate surface area is 431 Å². The van der Waals surface area contributed by atoms with Crippen molar-refractivity contribution >= 4 is 17.9 Å². The molecule has 0 aromatic carbocycles. The zero-order valence-corrected chi connectivity index (χ0v) is 46.9. The maximum absolute atomic E-state index is 12.8. The predicted octanol–water partition coefficient (Wildman–Crippen LogP) is 20.9. The van der Waals surface area contributed by atoms with E-state index in [1.165, 1.54) is 250 Å². The van der Waals surface area contributed by atoms with Gasteiger partial charge in [0.25, 0.3) is 0 Å². The monoisotopic (exact) mass is 973 g/mol. The molecule has 6 nitrogen and oxygen atoms in total. The van der Waals surface area contributed by atoms with Crippen LogP contribution in [-0.2, 0) is 28.6 Å². The van der Waals surface area contributed by atoms with Gasteiger partial charge in [0.15, 0.2) is 6.10 Å². The molecule has 0 fully saturated rings. The molecule has 0 saturated heterocycles. The summed E-state index contributed by atoms with van der Waals surface area (Å²) in [5.41, 5.74) is 0. The second-order valence-electron chi connectivity index (χ2n) is 21.3. The molecule has 0 N–H and O–H groups in total. The van der Waals surface area contributed by atoms with Crippen LogP contribution in [0.3, 0.4) is 0 Å². The van der Waals surface area contributed by atoms with Crippen LogP contribution in [0.15, 0.2) is 12.2 Å². The van der Waals surface area contributed by atoms with E-state index in [1.807, 2.05) is 0 Å². The molecule has 0 aromatic rings. The molecule has 6 heteroatoms. The highest BCUT2D eigenvalue weighted by Crippen LogP contribution is 2.18. The first kappa shape index (κ1) is 67.1. The highest BCUT2D eigenvalue weighted by Gasteiger charge is 2.19. The summed E-state index contributed by atoms with van der Waals surface area (Å²) < 4.78 is 16.8. The average molecular weight is 974 g/mol. The molecule has 0 saturated carbocycles. The van der Waals surface area contributed by atoms with Crippen molar-refractivity contribution in [3.8, 4) is 0 Å². The lowest BCUT2D eigenvalue weighted by atomic mass is 10.0. The molecule has 0 amide bonds. The van der Waals surface area contributed by atoms with Crippen LogP contribution in [0.5, 0.6) is 0 Å². The van der Waals surface area contributed by atoms with Crippen LogP contribution in [0, 0.1) is 0 Å². The standard InChI is InChI=1S/C63H120O6/c1-4-7-10-13-16-19-21-23-25-26-27-28-29-30-31-32-33-34-35-36-37-39-40-42-44-47-50-53-56-62(65)68-59-60(58-67-61(64)55-52-49-46-18-15-12-9-6-3)69-63(66)57-54-51-48-45-43-41-38-24-22-20-17-14-11-8-5-2/h24,38,60H,4-23,25-37,39-59H2,1-3H3/b38-24-. The molecule has 0 rings (SSSR count). The number of allylic oxidation sites excluding steroid dienone is 2. The summed E-state index contributed by atoms with van der Waals surface area (Å²) in [7, 11) is 0. The molecule has 69 heavy (non-hydrogen) atoms. The fourth-order valence-electron chi connectivity index (χ4n) is 9.56. The van der Waals surface area contributed by atoms with Crippen molar-refractivity contribution in [3.63, 3.8) is 0 Å². The Hall–Kier alpha value is -1.85. The van der Waals surface area contributed by atoms with Gasteiger partial charge < -0.3 is 14.2 Å². The van der Waals surface area contributed by atoms with Crippen molar-refractivity contribution in [2.45, 2.75) is 361 Å². The van der Waals surface area contributed by atoms with E-state index in [1.54, 1.807) is 0 Å². The molecule has 0 aliphatic rings. The van der Waals surface area contributed by atoms with Gasteiger partial charge in [0.05, 0.1) is 0 Å². The van der Waals surface area contributed by atoms with Gasteiger partial charge in [-0.25, -0.2) is 0 Å². The lowest BCUT2D eigenvalue weighted by molar-refractivity contribution is -0.167. The van der Waals surface area contributed by atoms with E-state index in [0.717, 1.165) is 64.2 Å². The van der Waals surface area contributed by atoms with E-state index in [-0.39, 0.29) is 31.1 Å². The number of hydrogen-bond acceptors (Lipinski definition) is 6. The Kier molecular flexibility index (Phi) is 57.1. The Morgan fingerprint density at radius 1 is 0.275 bits per heavy atom. The third-order valence-electron chi connectivity index (χ3n) is 14.3. The predicted molar refractivity (Wildman–Crippen MR) is 298 cm³/mol. The molecule has 0 bridgehead atoms. The Morgan fingerprint density at radius 3 is 0.725 bits per heavy atom. The first-order chi connectivity index (χ1) is 34.0. The van der Waals surface area contributed by atoms with Crippen LogP contribution in [0.2, 0.25) is 0 Å². The summed E-state index contributed by atoms with van der Waals surface area (Å²) in [5.74, 6) is -0.858. The molecule has 0 aliphatic heterocycles. The van der Waals surface area contributed by atoms with E-state index in [0.29, 0.717) is 19.3 Å². The highest BCUT2D eigenvalue weighted by molar-refractivity contribution is 5.71. The lowest BCUT2D eigenvalue weighted by Crippen LogP contribution is -2.30. The summed E-state index contributed by atoms with van der Waals surface area (Å²) in [6.07, 6.45) is 68.2. The van der Waals surface area contributed by atoms with E-state index in [2.05, 4.69) is 32.9 Å². The third kappa shape index (κ3) is 56.9. The maximum Gasteiger partial charge on any atom is 0.306 e. The van der Waals surface area contributed by atoms with Crippen LogP contribution in [0.1, 0.15) is 355 Å². The number of carbonyl (C=O) groups excluding carboxylic acids is 3. The Bertz CT molecular complexity index is 1070. The molecule has 0 heterocycles. The first-order valence-electron chi connectivity index (χ1n) is 31.2. The number of unbranched alkanes of at least 4 members (excludes halogenated alkanes) is 45. The molecule has 408 valence electrons. The van der Waals surface area contributed by atoms with Crippen LogP contribution in [-0.4, -0.2) is 37.2 Å². The summed E-state index contributed by atoms with van der Waals surface area (Å²) in [6.45, 7) is 6.66. The number of ether oxygens (including phenoxy) is 3. The molecule has 0 spiro atoms. The molecular weight excluding hydrogens is 853 g/mol. The van der Waals surface area contributed by atoms with E-state index in [4.69, 9.17) is 14.2 Å². The van der Waals surface area contributed by atoms with Crippen molar-refractivity contribution in [1.29, 1.82) is 0 Å². The zero-order chi connectivity index (χ0) is 50.0. The van der Waals surface area contributed by atoms with E-state index >= 15 is 0 Å². The van der Waals surface area contributed by atoms with Crippen molar-refractivity contribution < 1.29 is 28.6 Å². The zero-order valence-electron chi connectivity index (χ0n) is 46.9. The molecule has 0 aromatic heterocycles. The van der Waals surface area contributed by atoms with Crippen molar-refractivity contribution in [3.05, 3.63) is 12.2 Å². The first-order valence-corrected chi connectivity index (χ1v) is 31.2. The fourth-order valence-corrected chi connectivity index (χ4v) is 9.56. The third-order valence-corrected chi connectivity index (χ3v) is 14.3. The molecule has 1 unspecified atom stereocenters. The van der Waals surface area contributed by atoms with Crippen molar-refractivity contribution in [2.75, 3.05) is 13.2 Å². The van der Waals surface area contributed by atoms with Crippen LogP contribution < -0.4 is 0 Å². The van der Waals surface area contributed by atoms with Gasteiger partial charge in [-0.1, -0.05) is 303 Å². The minimum absolute atomic E-state index is 0.0679. The fraction of sp³-hybridized carbons (Fsp3) is 0.921. The molecule has 0 aliphatic carbocycles. The molecule has 0 radical (unpaired) electrons. The quantitative estimate of drug-likeness (QED) is 0.0261. The Balaban J connectivity index is 4.04. The van der Waals surface area contributed by atoms with E-state index < -0.39 is 6.10 Å². The summed E-state index contributed by atoms with van der Waals surface area (Å²) in [4.78, 5) is 38.0. The van der Waals surface area contributed by atoms with E-state index in [9.17, 15) is 14.4 Å². The van der Waals surface area contributed by atoms with Crippen LogP contribution in [0.25, 0.3) is 0 Å². The summed E-state index contributed by atoms with van der Waals surface area (Å²) in [5, 5.41) is 0. The topological polar surface area (TPSA) is 78.9 Å². The van der Waals surface area contributed by atoms with Gasteiger partial charge in [-0.05, 0) is 44.9 Å². The smallest absolute Gasteiger partial charge is 0.306 e. The number of carbonyl (C=O) groups is 3. The van der Waals surface area contributed by atoms with Crippen LogP contribution >= 0.6 is 0 Å². The minimum atomic E-state index is -0.768. The minimum Gasteiger partial charge on any atom is -0.462 e. The van der Waals surface area contributed by atoms with Gasteiger partial charge in [0.2, 0.25) is 0 Å². The van der Waals surface area contributed by atoms with Gasteiger partial charge in [0.1, 0.15) is 13.2 Å². The van der Waals surface area contributed by atoms with Gasteiger partial charge in [-0.2, -0.15) is 0 Å². The lowest BCUT2D eigenvalue weighted by Gasteiger charge is -2.18. The van der Waals surface area contributed by atoms with Gasteiger partial charge in [0, 0.05) is 19.3 Å². The van der Waals surface area contributed by atoms with Crippen LogP contribution in [0.4, 0.5) is 0 Å². The number of rotatable bonds is 58. The highest BCUT2D eigenvalue weighted by atomic mass is 16.6. The van der Waals surface area contributed by atoms with Crippen molar-refractivity contribution in [1.82, 2.24) is 0 Å².